The summed E-state index contributed by atoms with van der Waals surface area (Å²) in [5.74, 6) is -2.60. The van der Waals surface area contributed by atoms with Gasteiger partial charge in [0.15, 0.2) is 11.6 Å². The molecule has 0 radical (unpaired) electrons. The zero-order valence-corrected chi connectivity index (χ0v) is 11.4. The van der Waals surface area contributed by atoms with Gasteiger partial charge in [-0.15, -0.1) is 0 Å². The van der Waals surface area contributed by atoms with Crippen molar-refractivity contribution in [3.05, 3.63) is 64.5 Å². The summed E-state index contributed by atoms with van der Waals surface area (Å²) in [7, 11) is 0. The van der Waals surface area contributed by atoms with Gasteiger partial charge in [-0.1, -0.05) is 17.7 Å². The smallest absolute Gasteiger partial charge is 0.161 e. The molecule has 2 atom stereocenters. The largest absolute Gasteiger partial charge is 0.485 e. The molecule has 2 N–H and O–H groups in total. The molecule has 1 aliphatic rings. The summed E-state index contributed by atoms with van der Waals surface area (Å²) < 4.78 is 45.9. The van der Waals surface area contributed by atoms with Crippen LogP contribution in [-0.4, -0.2) is 0 Å². The summed E-state index contributed by atoms with van der Waals surface area (Å²) in [6, 6.07) is 6.55. The van der Waals surface area contributed by atoms with Crippen LogP contribution in [0.25, 0.3) is 0 Å². The van der Waals surface area contributed by atoms with Crippen molar-refractivity contribution in [1.29, 1.82) is 0 Å². The van der Waals surface area contributed by atoms with E-state index in [-0.39, 0.29) is 11.6 Å². The Hall–Kier alpha value is -2.01. The lowest BCUT2D eigenvalue weighted by Crippen LogP contribution is -2.25. The van der Waals surface area contributed by atoms with Gasteiger partial charge in [-0.2, -0.15) is 0 Å². The summed E-state index contributed by atoms with van der Waals surface area (Å²) >= 11 is 0. The first-order valence-electron chi connectivity index (χ1n) is 6.63. The summed E-state index contributed by atoms with van der Waals surface area (Å²) in [5, 5.41) is 0. The Balaban J connectivity index is 1.99. The fraction of sp³-hybridized carbons (Fsp3) is 0.250. The molecule has 0 spiro atoms. The fourth-order valence-electron chi connectivity index (χ4n) is 2.60. The van der Waals surface area contributed by atoms with Crippen LogP contribution in [0.2, 0.25) is 0 Å². The lowest BCUT2D eigenvalue weighted by atomic mass is 9.92. The summed E-state index contributed by atoms with van der Waals surface area (Å²) in [6.07, 6.45) is -0.427. The zero-order chi connectivity index (χ0) is 15.1. The van der Waals surface area contributed by atoms with Gasteiger partial charge in [-0.05, 0) is 19.1 Å². The second-order valence-electron chi connectivity index (χ2n) is 5.28. The van der Waals surface area contributed by atoms with Gasteiger partial charge in [0.05, 0.1) is 0 Å². The zero-order valence-electron chi connectivity index (χ0n) is 11.4. The highest BCUT2D eigenvalue weighted by atomic mass is 19.2. The van der Waals surface area contributed by atoms with E-state index in [1.807, 2.05) is 19.1 Å². The van der Waals surface area contributed by atoms with E-state index in [4.69, 9.17) is 10.5 Å². The van der Waals surface area contributed by atoms with E-state index < -0.39 is 23.6 Å². The van der Waals surface area contributed by atoms with Crippen molar-refractivity contribution < 1.29 is 17.9 Å². The van der Waals surface area contributed by atoms with Gasteiger partial charge in [0.2, 0.25) is 0 Å². The Labute approximate surface area is 120 Å². The predicted molar refractivity (Wildman–Crippen MR) is 72.4 cm³/mol. The third kappa shape index (κ3) is 2.49. The number of halogens is 3. The molecule has 5 heteroatoms. The molecule has 0 amide bonds. The van der Waals surface area contributed by atoms with Crippen LogP contribution in [0.3, 0.4) is 0 Å². The van der Waals surface area contributed by atoms with Gasteiger partial charge < -0.3 is 10.5 Å². The molecule has 0 bridgehead atoms. The fourth-order valence-corrected chi connectivity index (χ4v) is 2.60. The first-order valence-corrected chi connectivity index (χ1v) is 6.63. The lowest BCUT2D eigenvalue weighted by Gasteiger charge is -2.31. The van der Waals surface area contributed by atoms with E-state index in [1.54, 1.807) is 6.07 Å². The minimum absolute atomic E-state index is 0.0180. The van der Waals surface area contributed by atoms with Crippen molar-refractivity contribution in [2.75, 3.05) is 0 Å². The van der Waals surface area contributed by atoms with Crippen molar-refractivity contribution in [2.45, 2.75) is 25.5 Å². The van der Waals surface area contributed by atoms with Crippen molar-refractivity contribution in [1.82, 2.24) is 0 Å². The third-order valence-corrected chi connectivity index (χ3v) is 3.69. The normalized spacial score (nSPS) is 20.8. The topological polar surface area (TPSA) is 35.2 Å². The number of fused-ring (bicyclic) bond motifs is 1. The SMILES string of the molecule is Cc1ccc2c(c1)[C@H](N)CC(c1cc(F)c(F)cc1F)O2. The van der Waals surface area contributed by atoms with Crippen molar-refractivity contribution in [3.8, 4) is 5.75 Å². The molecule has 0 fully saturated rings. The van der Waals surface area contributed by atoms with Crippen LogP contribution in [0.1, 0.15) is 35.3 Å². The average Bonchev–Trinajstić information content (AvgIpc) is 2.43. The second-order valence-corrected chi connectivity index (χ2v) is 5.28. The van der Waals surface area contributed by atoms with Crippen LogP contribution in [0, 0.1) is 24.4 Å². The first kappa shape index (κ1) is 13.9. The Kier molecular flexibility index (Phi) is 3.37. The van der Waals surface area contributed by atoms with E-state index in [0.29, 0.717) is 18.2 Å². The van der Waals surface area contributed by atoms with Gasteiger partial charge in [0.1, 0.15) is 17.7 Å². The molecule has 2 aromatic carbocycles. The molecule has 0 aromatic heterocycles. The van der Waals surface area contributed by atoms with E-state index in [1.165, 1.54) is 0 Å². The highest BCUT2D eigenvalue weighted by Gasteiger charge is 2.29. The van der Waals surface area contributed by atoms with Crippen LogP contribution >= 0.6 is 0 Å². The maximum Gasteiger partial charge on any atom is 0.161 e. The molecule has 2 nitrogen and oxygen atoms in total. The Morgan fingerprint density at radius 3 is 2.48 bits per heavy atom. The molecule has 0 saturated heterocycles. The highest BCUT2D eigenvalue weighted by Crippen LogP contribution is 2.40. The molecular weight excluding hydrogens is 279 g/mol. The minimum atomic E-state index is -1.22. The summed E-state index contributed by atoms with van der Waals surface area (Å²) in [6.45, 7) is 1.94. The lowest BCUT2D eigenvalue weighted by molar-refractivity contribution is 0.156. The first-order chi connectivity index (χ1) is 9.95. The Morgan fingerprint density at radius 1 is 1.00 bits per heavy atom. The monoisotopic (exact) mass is 293 g/mol. The predicted octanol–water partition coefficient (Wildman–Crippen LogP) is 3.94. The maximum absolute atomic E-state index is 13.9. The van der Waals surface area contributed by atoms with Crippen LogP contribution < -0.4 is 10.5 Å². The van der Waals surface area contributed by atoms with E-state index in [0.717, 1.165) is 17.2 Å². The number of hydrogen-bond acceptors (Lipinski definition) is 2. The number of aryl methyl sites for hydroxylation is 1. The van der Waals surface area contributed by atoms with Gasteiger partial charge >= 0.3 is 0 Å². The molecule has 2 aromatic rings. The molecule has 1 unspecified atom stereocenters. The standard InChI is InChI=1S/C16H14F3NO/c1-8-2-3-15-10(4-8)14(20)7-16(21-15)9-5-12(18)13(19)6-11(9)17/h2-6,14,16H,7,20H2,1H3/t14-,16?/m1/s1. The number of benzene rings is 2. The van der Waals surface area contributed by atoms with Gasteiger partial charge in [-0.25, -0.2) is 13.2 Å². The highest BCUT2D eigenvalue weighted by molar-refractivity contribution is 5.41. The van der Waals surface area contributed by atoms with Gasteiger partial charge in [0.25, 0.3) is 0 Å². The number of nitrogens with two attached hydrogens (primary N) is 1. The van der Waals surface area contributed by atoms with Crippen molar-refractivity contribution >= 4 is 0 Å². The molecule has 110 valence electrons. The van der Waals surface area contributed by atoms with Crippen LogP contribution in [0.5, 0.6) is 5.75 Å². The van der Waals surface area contributed by atoms with Gasteiger partial charge in [0, 0.05) is 29.7 Å². The van der Waals surface area contributed by atoms with Crippen LogP contribution in [0.15, 0.2) is 30.3 Å². The minimum Gasteiger partial charge on any atom is -0.485 e. The molecule has 3 rings (SSSR count). The van der Waals surface area contributed by atoms with Gasteiger partial charge in [-0.3, -0.25) is 0 Å². The van der Waals surface area contributed by atoms with Crippen molar-refractivity contribution in [3.63, 3.8) is 0 Å². The molecule has 0 aliphatic carbocycles. The Morgan fingerprint density at radius 2 is 1.71 bits per heavy atom. The summed E-state index contributed by atoms with van der Waals surface area (Å²) in [4.78, 5) is 0. The second kappa shape index (κ2) is 5.07. The Bertz CT molecular complexity index is 702. The van der Waals surface area contributed by atoms with Crippen LogP contribution in [-0.2, 0) is 0 Å². The number of hydrogen-bond donors (Lipinski definition) is 1. The van der Waals surface area contributed by atoms with E-state index >= 15 is 0 Å². The quantitative estimate of drug-likeness (QED) is 0.808. The van der Waals surface area contributed by atoms with Crippen LogP contribution in [0.4, 0.5) is 13.2 Å². The number of rotatable bonds is 1. The van der Waals surface area contributed by atoms with E-state index in [2.05, 4.69) is 0 Å². The maximum atomic E-state index is 13.9. The van der Waals surface area contributed by atoms with E-state index in [9.17, 15) is 13.2 Å². The molecule has 0 saturated carbocycles. The molecule has 1 heterocycles. The third-order valence-electron chi connectivity index (χ3n) is 3.69. The molecule has 21 heavy (non-hydrogen) atoms. The summed E-state index contributed by atoms with van der Waals surface area (Å²) in [5.41, 5.74) is 7.96. The number of ether oxygens (including phenoxy) is 1. The van der Waals surface area contributed by atoms with Crippen molar-refractivity contribution in [2.24, 2.45) is 5.73 Å². The average molecular weight is 293 g/mol. The molecular formula is C16H14F3NO. The molecule has 1 aliphatic heterocycles.